The minimum Gasteiger partial charge on any atom is -0.395 e. The van der Waals surface area contributed by atoms with Crippen LogP contribution in [-0.2, 0) is 12.7 Å². The van der Waals surface area contributed by atoms with Gasteiger partial charge in [0, 0.05) is 31.2 Å². The van der Waals surface area contributed by atoms with Crippen molar-refractivity contribution >= 4 is 10.8 Å². The highest BCUT2D eigenvalue weighted by Crippen LogP contribution is 2.30. The van der Waals surface area contributed by atoms with Crippen LogP contribution in [0.25, 0.3) is 22.2 Å². The van der Waals surface area contributed by atoms with E-state index < -0.39 is 51.7 Å². The Hall–Kier alpha value is -2.92. The summed E-state index contributed by atoms with van der Waals surface area (Å²) in [4.78, 5) is 19.5. The fourth-order valence-electron chi connectivity index (χ4n) is 2.94. The fraction of sp³-hybridized carbons (Fsp3) is 0.316. The van der Waals surface area contributed by atoms with Crippen LogP contribution in [0.4, 0.5) is 22.0 Å². The molecule has 0 amide bonds. The molecule has 0 saturated carbocycles. The Morgan fingerprint density at radius 1 is 1.17 bits per heavy atom. The molecule has 1 atom stereocenters. The van der Waals surface area contributed by atoms with E-state index in [-0.39, 0.29) is 18.5 Å². The monoisotopic (exact) mass is 428 g/mol. The second-order valence-corrected chi connectivity index (χ2v) is 6.71. The first kappa shape index (κ1) is 21.8. The van der Waals surface area contributed by atoms with Crippen LogP contribution in [0.1, 0.15) is 18.4 Å². The van der Waals surface area contributed by atoms with E-state index >= 15 is 0 Å². The van der Waals surface area contributed by atoms with Gasteiger partial charge < -0.3 is 15.4 Å². The maximum atomic E-state index is 14.7. The molecule has 0 bridgehead atoms. The molecule has 0 aliphatic rings. The Balaban J connectivity index is 1.99. The van der Waals surface area contributed by atoms with E-state index in [4.69, 9.17) is 10.8 Å². The maximum absolute atomic E-state index is 14.7. The molecule has 2 heterocycles. The third kappa shape index (κ3) is 4.31. The number of pyridine rings is 1. The minimum absolute atomic E-state index is 0.0562. The third-order valence-electron chi connectivity index (χ3n) is 4.57. The molecule has 6 nitrogen and oxygen atoms in total. The molecule has 0 spiro atoms. The lowest BCUT2D eigenvalue weighted by Crippen LogP contribution is -2.26. The highest BCUT2D eigenvalue weighted by atomic mass is 19.4. The quantitative estimate of drug-likeness (QED) is 0.589. The number of fused-ring (bicyclic) bond motifs is 1. The number of alkyl halides is 3. The number of aliphatic hydroxyl groups is 1. The summed E-state index contributed by atoms with van der Waals surface area (Å²) in [5, 5.41) is 8.49. The molecule has 0 fully saturated rings. The zero-order valence-corrected chi connectivity index (χ0v) is 15.5. The summed E-state index contributed by atoms with van der Waals surface area (Å²) in [5.74, 6) is -3.31. The summed E-state index contributed by atoms with van der Waals surface area (Å²) >= 11 is 0. The van der Waals surface area contributed by atoms with Crippen LogP contribution in [0.5, 0.6) is 0 Å². The van der Waals surface area contributed by atoms with Crippen molar-refractivity contribution < 1.29 is 27.1 Å². The Morgan fingerprint density at radius 3 is 2.43 bits per heavy atom. The third-order valence-corrected chi connectivity index (χ3v) is 4.57. The number of benzene rings is 1. The summed E-state index contributed by atoms with van der Waals surface area (Å²) in [6, 6.07) is 2.06. The second kappa shape index (κ2) is 8.44. The van der Waals surface area contributed by atoms with Gasteiger partial charge in [0.25, 0.3) is 5.56 Å². The molecule has 30 heavy (non-hydrogen) atoms. The fourth-order valence-corrected chi connectivity index (χ4v) is 2.94. The first-order valence-electron chi connectivity index (χ1n) is 8.90. The number of nitrogens with zero attached hydrogens (tertiary/aromatic N) is 3. The van der Waals surface area contributed by atoms with Crippen LogP contribution in [0, 0.1) is 11.6 Å². The molecule has 3 N–H and O–H groups in total. The van der Waals surface area contributed by atoms with Gasteiger partial charge in [-0.05, 0) is 30.4 Å². The number of aryl methyl sites for hydroxylation is 1. The zero-order valence-electron chi connectivity index (χ0n) is 15.5. The van der Waals surface area contributed by atoms with Crippen LogP contribution in [0.3, 0.4) is 0 Å². The zero-order chi connectivity index (χ0) is 22.1. The largest absolute Gasteiger partial charge is 0.419 e. The van der Waals surface area contributed by atoms with E-state index in [1.165, 1.54) is 16.8 Å². The number of aromatic nitrogens is 3. The Bertz CT molecular complexity index is 1110. The van der Waals surface area contributed by atoms with Gasteiger partial charge in [-0.2, -0.15) is 13.2 Å². The van der Waals surface area contributed by atoms with E-state index in [1.807, 2.05) is 0 Å². The lowest BCUT2D eigenvalue weighted by Gasteiger charge is -2.12. The van der Waals surface area contributed by atoms with Gasteiger partial charge in [-0.25, -0.2) is 18.7 Å². The maximum Gasteiger partial charge on any atom is 0.419 e. The van der Waals surface area contributed by atoms with Gasteiger partial charge in [-0.1, -0.05) is 0 Å². The van der Waals surface area contributed by atoms with Crippen LogP contribution in [0.15, 0.2) is 35.5 Å². The molecule has 0 saturated heterocycles. The van der Waals surface area contributed by atoms with Crippen LogP contribution in [0.2, 0.25) is 0 Å². The average Bonchev–Trinajstić information content (AvgIpc) is 2.71. The number of halogens is 5. The molecule has 3 aromatic rings. The predicted molar refractivity (Wildman–Crippen MR) is 98.4 cm³/mol. The predicted octanol–water partition coefficient (Wildman–Crippen LogP) is 2.86. The number of nitrogens with two attached hydrogens (primary N) is 1. The van der Waals surface area contributed by atoms with E-state index in [0.29, 0.717) is 25.2 Å². The molecule has 3 rings (SSSR count). The smallest absolute Gasteiger partial charge is 0.395 e. The van der Waals surface area contributed by atoms with Gasteiger partial charge in [0.1, 0.15) is 0 Å². The van der Waals surface area contributed by atoms with Gasteiger partial charge in [-0.15, -0.1) is 0 Å². The van der Waals surface area contributed by atoms with Crippen molar-refractivity contribution in [1.82, 2.24) is 14.5 Å². The minimum atomic E-state index is -4.67. The van der Waals surface area contributed by atoms with Gasteiger partial charge >= 0.3 is 6.18 Å². The van der Waals surface area contributed by atoms with Gasteiger partial charge in [0.05, 0.1) is 23.1 Å². The lowest BCUT2D eigenvalue weighted by molar-refractivity contribution is -0.138. The molecule has 0 aliphatic carbocycles. The Morgan fingerprint density at radius 2 is 1.83 bits per heavy atom. The summed E-state index contributed by atoms with van der Waals surface area (Å²) in [6.45, 7) is -0.0193. The highest BCUT2D eigenvalue weighted by Gasteiger charge is 2.31. The van der Waals surface area contributed by atoms with Crippen molar-refractivity contribution in [3.05, 3.63) is 58.3 Å². The molecule has 160 valence electrons. The van der Waals surface area contributed by atoms with Crippen molar-refractivity contribution in [2.75, 3.05) is 6.61 Å². The Kier molecular flexibility index (Phi) is 6.13. The molecule has 0 aliphatic heterocycles. The highest BCUT2D eigenvalue weighted by molar-refractivity contribution is 5.86. The SMILES string of the molecule is N[C@@H](CO)CCCn1ccc2cc(-c3ncc(C(F)(F)F)cn3)c(F)c(F)c2c1=O. The number of aliphatic hydroxyl groups excluding tert-OH is 1. The first-order chi connectivity index (χ1) is 14.1. The van der Waals surface area contributed by atoms with Crippen LogP contribution in [-0.4, -0.2) is 32.3 Å². The summed E-state index contributed by atoms with van der Waals surface area (Å²) in [6.07, 6.45) is -1.46. The first-order valence-corrected chi connectivity index (χ1v) is 8.90. The van der Waals surface area contributed by atoms with E-state index in [0.717, 1.165) is 6.07 Å². The molecular formula is C19H17F5N4O2. The average molecular weight is 428 g/mol. The second-order valence-electron chi connectivity index (χ2n) is 6.71. The van der Waals surface area contributed by atoms with Crippen molar-refractivity contribution in [1.29, 1.82) is 0 Å². The summed E-state index contributed by atoms with van der Waals surface area (Å²) in [7, 11) is 0. The normalized spacial score (nSPS) is 13.0. The molecule has 11 heteroatoms. The van der Waals surface area contributed by atoms with E-state index in [9.17, 15) is 26.7 Å². The van der Waals surface area contributed by atoms with Crippen LogP contribution < -0.4 is 11.3 Å². The Labute approximate surface area is 166 Å². The van der Waals surface area contributed by atoms with Gasteiger partial charge in [-0.3, -0.25) is 4.79 Å². The number of hydrogen-bond acceptors (Lipinski definition) is 5. The van der Waals surface area contributed by atoms with Crippen molar-refractivity contribution in [3.63, 3.8) is 0 Å². The lowest BCUT2D eigenvalue weighted by atomic mass is 10.1. The molecule has 0 unspecified atom stereocenters. The molecule has 0 radical (unpaired) electrons. The molecule has 1 aromatic carbocycles. The summed E-state index contributed by atoms with van der Waals surface area (Å²) < 4.78 is 68.4. The van der Waals surface area contributed by atoms with E-state index in [1.54, 1.807) is 0 Å². The van der Waals surface area contributed by atoms with E-state index in [2.05, 4.69) is 9.97 Å². The molecule has 2 aromatic heterocycles. The molecular weight excluding hydrogens is 411 g/mol. The summed E-state index contributed by atoms with van der Waals surface area (Å²) in [5.41, 5.74) is 3.24. The van der Waals surface area contributed by atoms with Crippen molar-refractivity contribution in [2.45, 2.75) is 31.6 Å². The topological polar surface area (TPSA) is 94.0 Å². The van der Waals surface area contributed by atoms with Gasteiger partial charge in [0.2, 0.25) is 0 Å². The number of hydrogen-bond donors (Lipinski definition) is 2. The van der Waals surface area contributed by atoms with Crippen LogP contribution >= 0.6 is 0 Å². The van der Waals surface area contributed by atoms with Gasteiger partial charge in [0.15, 0.2) is 17.5 Å². The number of rotatable bonds is 6. The standard InChI is InChI=1S/C19H17F5N4O2/c20-15-13(17-26-7-11(8-27-17)19(22,23)24)6-10-3-5-28(4-1-2-12(25)9-29)18(30)14(10)16(15)21/h3,5-8,12,29H,1-2,4,9,25H2/t12-/m1/s1. The van der Waals surface area contributed by atoms with Crippen molar-refractivity contribution in [3.8, 4) is 11.4 Å². The van der Waals surface area contributed by atoms with Crippen molar-refractivity contribution in [2.24, 2.45) is 5.73 Å².